The summed E-state index contributed by atoms with van der Waals surface area (Å²) in [6.45, 7) is 4.66. The third-order valence-corrected chi connectivity index (χ3v) is 5.38. The Kier molecular flexibility index (Phi) is 6.48. The van der Waals surface area contributed by atoms with Crippen molar-refractivity contribution in [3.05, 3.63) is 51.2 Å². The fourth-order valence-corrected chi connectivity index (χ4v) is 3.92. The van der Waals surface area contributed by atoms with Crippen LogP contribution < -0.4 is 5.32 Å². The van der Waals surface area contributed by atoms with Crippen molar-refractivity contribution in [3.63, 3.8) is 0 Å². The molecule has 0 spiro atoms. The highest BCUT2D eigenvalue weighted by Gasteiger charge is 2.21. The van der Waals surface area contributed by atoms with Crippen molar-refractivity contribution in [1.82, 2.24) is 4.90 Å². The summed E-state index contributed by atoms with van der Waals surface area (Å²) in [5.74, 6) is -0.0279. The van der Waals surface area contributed by atoms with Crippen LogP contribution in [0.25, 0.3) is 0 Å². The Morgan fingerprint density at radius 2 is 2.32 bits per heavy atom. The molecule has 1 aliphatic heterocycles. The minimum absolute atomic E-state index is 0.0279. The summed E-state index contributed by atoms with van der Waals surface area (Å²) in [6.07, 6.45) is 2.39. The number of nitrogens with one attached hydrogen (secondary N) is 1. The van der Waals surface area contributed by atoms with Gasteiger partial charge in [-0.15, -0.1) is 11.3 Å². The predicted molar refractivity (Wildman–Crippen MR) is 103 cm³/mol. The van der Waals surface area contributed by atoms with Crippen LogP contribution >= 0.6 is 22.9 Å². The van der Waals surface area contributed by atoms with E-state index in [-0.39, 0.29) is 12.0 Å². The van der Waals surface area contributed by atoms with E-state index in [1.807, 2.05) is 25.1 Å². The van der Waals surface area contributed by atoms with Gasteiger partial charge in [-0.3, -0.25) is 9.69 Å². The van der Waals surface area contributed by atoms with Gasteiger partial charge >= 0.3 is 0 Å². The molecule has 1 amide bonds. The second kappa shape index (κ2) is 8.81. The number of rotatable bonds is 7. The van der Waals surface area contributed by atoms with Crippen molar-refractivity contribution in [2.75, 3.05) is 25.0 Å². The molecule has 0 unspecified atom stereocenters. The fraction of sp³-hybridized carbons (Fsp3) is 0.421. The van der Waals surface area contributed by atoms with Crippen LogP contribution in [0.3, 0.4) is 0 Å². The van der Waals surface area contributed by atoms with Crippen LogP contribution in [0.2, 0.25) is 5.02 Å². The Labute approximate surface area is 157 Å². The predicted octanol–water partition coefficient (Wildman–Crippen LogP) is 4.33. The Balaban J connectivity index is 1.63. The van der Waals surface area contributed by atoms with E-state index < -0.39 is 0 Å². The monoisotopic (exact) mass is 378 g/mol. The smallest absolute Gasteiger partial charge is 0.238 e. The van der Waals surface area contributed by atoms with E-state index >= 15 is 0 Å². The Hall–Kier alpha value is -1.40. The van der Waals surface area contributed by atoms with E-state index in [9.17, 15) is 4.79 Å². The fourth-order valence-electron chi connectivity index (χ4n) is 3.01. The number of hydrogen-bond acceptors (Lipinski definition) is 4. The summed E-state index contributed by atoms with van der Waals surface area (Å²) in [5, 5.41) is 5.67. The summed E-state index contributed by atoms with van der Waals surface area (Å²) in [7, 11) is 0. The molecule has 0 aliphatic carbocycles. The Morgan fingerprint density at radius 3 is 3.04 bits per heavy atom. The van der Waals surface area contributed by atoms with Crippen molar-refractivity contribution in [2.24, 2.45) is 0 Å². The lowest BCUT2D eigenvalue weighted by Crippen LogP contribution is -2.37. The lowest BCUT2D eigenvalue weighted by Gasteiger charge is -2.24. The largest absolute Gasteiger partial charge is 0.377 e. The molecule has 4 nitrogen and oxygen atoms in total. The first-order valence-corrected chi connectivity index (χ1v) is 9.78. The molecule has 1 atom stereocenters. The van der Waals surface area contributed by atoms with Gasteiger partial charge in [0.15, 0.2) is 0 Å². The van der Waals surface area contributed by atoms with Gasteiger partial charge in [-0.1, -0.05) is 23.7 Å². The first-order valence-electron chi connectivity index (χ1n) is 8.52. The number of halogens is 1. The van der Waals surface area contributed by atoms with E-state index in [4.69, 9.17) is 16.3 Å². The van der Waals surface area contributed by atoms with E-state index in [1.54, 1.807) is 17.4 Å². The van der Waals surface area contributed by atoms with Crippen molar-refractivity contribution < 1.29 is 9.53 Å². The van der Waals surface area contributed by atoms with E-state index in [0.29, 0.717) is 11.6 Å². The molecule has 2 heterocycles. The lowest BCUT2D eigenvalue weighted by atomic mass is 10.2. The van der Waals surface area contributed by atoms with Crippen molar-refractivity contribution in [2.45, 2.75) is 32.4 Å². The van der Waals surface area contributed by atoms with Gasteiger partial charge in [0.2, 0.25) is 5.91 Å². The average Bonchev–Trinajstić information content (AvgIpc) is 3.25. The minimum atomic E-state index is -0.0279. The second-order valence-electron chi connectivity index (χ2n) is 6.39. The number of anilines is 1. The molecule has 2 aromatic rings. The van der Waals surface area contributed by atoms with Crippen molar-refractivity contribution in [3.8, 4) is 0 Å². The normalized spacial score (nSPS) is 17.2. The van der Waals surface area contributed by atoms with E-state index in [1.165, 1.54) is 4.88 Å². The lowest BCUT2D eigenvalue weighted by molar-refractivity contribution is -0.117. The maximum atomic E-state index is 12.6. The summed E-state index contributed by atoms with van der Waals surface area (Å²) in [6, 6.07) is 9.67. The van der Waals surface area contributed by atoms with Crippen LogP contribution in [-0.4, -0.2) is 36.6 Å². The summed E-state index contributed by atoms with van der Waals surface area (Å²) < 4.78 is 5.75. The van der Waals surface area contributed by atoms with Crippen molar-refractivity contribution >= 4 is 34.5 Å². The molecule has 1 aromatic carbocycles. The third-order valence-electron chi connectivity index (χ3n) is 4.29. The van der Waals surface area contributed by atoms with Crippen LogP contribution in [0.5, 0.6) is 0 Å². The van der Waals surface area contributed by atoms with Gasteiger partial charge in [0.25, 0.3) is 0 Å². The molecular weight excluding hydrogens is 356 g/mol. The van der Waals surface area contributed by atoms with Gasteiger partial charge in [-0.25, -0.2) is 0 Å². The Morgan fingerprint density at radius 1 is 1.44 bits per heavy atom. The van der Waals surface area contributed by atoms with Gasteiger partial charge in [0.05, 0.1) is 12.6 Å². The van der Waals surface area contributed by atoms with Gasteiger partial charge in [0.1, 0.15) is 0 Å². The highest BCUT2D eigenvalue weighted by Crippen LogP contribution is 2.21. The SMILES string of the molecule is Cc1ccc(Cl)cc1NC(=O)CN(Cc1cccs1)C[C@H]1CCCO1. The highest BCUT2D eigenvalue weighted by molar-refractivity contribution is 7.09. The summed E-state index contributed by atoms with van der Waals surface area (Å²) >= 11 is 7.75. The molecule has 0 radical (unpaired) electrons. The maximum Gasteiger partial charge on any atom is 0.238 e. The molecular formula is C19H23ClN2O2S. The molecule has 0 saturated carbocycles. The van der Waals surface area contributed by atoms with Gasteiger partial charge in [-0.05, 0) is 48.9 Å². The van der Waals surface area contributed by atoms with Gasteiger partial charge in [0, 0.05) is 35.3 Å². The van der Waals surface area contributed by atoms with Gasteiger partial charge < -0.3 is 10.1 Å². The summed E-state index contributed by atoms with van der Waals surface area (Å²) in [4.78, 5) is 16.0. The van der Waals surface area contributed by atoms with Crippen LogP contribution in [0.1, 0.15) is 23.3 Å². The molecule has 1 saturated heterocycles. The zero-order valence-electron chi connectivity index (χ0n) is 14.3. The number of nitrogens with zero attached hydrogens (tertiary/aromatic N) is 1. The zero-order valence-corrected chi connectivity index (χ0v) is 15.9. The van der Waals surface area contributed by atoms with E-state index in [2.05, 4.69) is 21.7 Å². The van der Waals surface area contributed by atoms with Crippen LogP contribution in [0.4, 0.5) is 5.69 Å². The molecule has 25 heavy (non-hydrogen) atoms. The van der Waals surface area contributed by atoms with Crippen LogP contribution in [0.15, 0.2) is 35.7 Å². The molecule has 1 fully saturated rings. The number of ether oxygens (including phenoxy) is 1. The number of carbonyl (C=O) groups is 1. The number of thiophene rings is 1. The molecule has 6 heteroatoms. The molecule has 1 N–H and O–H groups in total. The number of hydrogen-bond donors (Lipinski definition) is 1. The number of aryl methyl sites for hydroxylation is 1. The van der Waals surface area contributed by atoms with E-state index in [0.717, 1.165) is 43.8 Å². The molecule has 1 aromatic heterocycles. The van der Waals surface area contributed by atoms with Crippen LogP contribution in [-0.2, 0) is 16.1 Å². The highest BCUT2D eigenvalue weighted by atomic mass is 35.5. The number of carbonyl (C=O) groups excluding carboxylic acids is 1. The topological polar surface area (TPSA) is 41.6 Å². The molecule has 3 rings (SSSR count). The second-order valence-corrected chi connectivity index (χ2v) is 7.86. The molecule has 134 valence electrons. The zero-order chi connectivity index (χ0) is 17.6. The third kappa shape index (κ3) is 5.54. The average molecular weight is 379 g/mol. The maximum absolute atomic E-state index is 12.6. The summed E-state index contributed by atoms with van der Waals surface area (Å²) in [5.41, 5.74) is 1.77. The number of benzene rings is 1. The first kappa shape index (κ1) is 18.4. The molecule has 0 bridgehead atoms. The van der Waals surface area contributed by atoms with Crippen molar-refractivity contribution in [1.29, 1.82) is 0 Å². The standard InChI is InChI=1S/C19H23ClN2O2S/c1-14-6-7-15(20)10-18(14)21-19(23)13-22(11-16-4-2-8-24-16)12-17-5-3-9-25-17/h3,5-7,9-10,16H,2,4,8,11-13H2,1H3,(H,21,23)/t16-/m1/s1. The number of amides is 1. The molecule has 1 aliphatic rings. The first-order chi connectivity index (χ1) is 12.1. The van der Waals surface area contributed by atoms with Gasteiger partial charge in [-0.2, -0.15) is 0 Å². The quantitative estimate of drug-likeness (QED) is 0.779. The Bertz CT molecular complexity index is 699. The van der Waals surface area contributed by atoms with Crippen LogP contribution in [0, 0.1) is 6.92 Å². The minimum Gasteiger partial charge on any atom is -0.377 e.